The molecule has 4 aromatic rings. The summed E-state index contributed by atoms with van der Waals surface area (Å²) in [6.07, 6.45) is 0. The summed E-state index contributed by atoms with van der Waals surface area (Å²) < 4.78 is 7.12. The largest absolute Gasteiger partial charge is 0.456 e. The predicted octanol–water partition coefficient (Wildman–Crippen LogP) is 4.83. The summed E-state index contributed by atoms with van der Waals surface area (Å²) in [5.74, 6) is 0.806. The lowest BCUT2D eigenvalue weighted by atomic mass is 10.1. The van der Waals surface area contributed by atoms with Gasteiger partial charge in [0.1, 0.15) is 11.3 Å². The monoisotopic (exact) mass is 410 g/mol. The summed E-state index contributed by atoms with van der Waals surface area (Å²) in [4.78, 5) is 3.46. The van der Waals surface area contributed by atoms with Gasteiger partial charge in [0.15, 0.2) is 0 Å². The van der Waals surface area contributed by atoms with Crippen molar-refractivity contribution in [3.05, 3.63) is 93.7 Å². The lowest BCUT2D eigenvalue weighted by Crippen LogP contribution is -2.70. The number of benzene rings is 3. The minimum atomic E-state index is 0.694. The zero-order chi connectivity index (χ0) is 17.2. The molecule has 0 fully saturated rings. The second-order valence-electron chi connectivity index (χ2n) is 5.67. The van der Waals surface area contributed by atoms with E-state index in [1.165, 1.54) is 0 Å². The first kappa shape index (κ1) is 16.1. The SMILES string of the molecule is Clc1cccc([NH+]=c2cc(-c3ccccc3)oc3ccc(Br)cc23)c1. The van der Waals surface area contributed by atoms with Crippen molar-refractivity contribution < 1.29 is 9.41 Å². The van der Waals surface area contributed by atoms with Crippen LogP contribution < -0.4 is 10.3 Å². The molecule has 1 aromatic heterocycles. The fourth-order valence-corrected chi connectivity index (χ4v) is 3.28. The van der Waals surface area contributed by atoms with E-state index in [4.69, 9.17) is 16.0 Å². The predicted molar refractivity (Wildman–Crippen MR) is 105 cm³/mol. The maximum absolute atomic E-state index is 6.12. The second kappa shape index (κ2) is 6.87. The molecule has 0 atom stereocenters. The third kappa shape index (κ3) is 3.53. The maximum Gasteiger partial charge on any atom is 0.218 e. The van der Waals surface area contributed by atoms with Crippen molar-refractivity contribution in [2.24, 2.45) is 0 Å². The van der Waals surface area contributed by atoms with Crippen LogP contribution in [0.2, 0.25) is 5.02 Å². The van der Waals surface area contributed by atoms with Crippen molar-refractivity contribution in [2.75, 3.05) is 0 Å². The molecule has 2 nitrogen and oxygen atoms in total. The Bertz CT molecular complexity index is 1120. The molecule has 0 aliphatic carbocycles. The number of nitrogens with one attached hydrogen (secondary N) is 1. The molecule has 1 N–H and O–H groups in total. The Balaban J connectivity index is 2.02. The molecule has 0 aliphatic rings. The van der Waals surface area contributed by atoms with Crippen molar-refractivity contribution in [3.8, 4) is 11.3 Å². The molecule has 25 heavy (non-hydrogen) atoms. The van der Waals surface area contributed by atoms with Gasteiger partial charge in [-0.25, -0.2) is 4.99 Å². The van der Waals surface area contributed by atoms with E-state index in [-0.39, 0.29) is 0 Å². The summed E-state index contributed by atoms with van der Waals surface area (Å²) in [6, 6.07) is 25.7. The molecule has 3 aromatic carbocycles. The Morgan fingerprint density at radius 2 is 1.68 bits per heavy atom. The van der Waals surface area contributed by atoms with Crippen LogP contribution in [0.25, 0.3) is 22.3 Å². The number of halogens is 2. The van der Waals surface area contributed by atoms with Crippen LogP contribution in [0.4, 0.5) is 5.69 Å². The van der Waals surface area contributed by atoms with Crippen LogP contribution in [0.3, 0.4) is 0 Å². The lowest BCUT2D eigenvalue weighted by Gasteiger charge is -2.03. The molecule has 0 amide bonds. The van der Waals surface area contributed by atoms with E-state index in [2.05, 4.69) is 20.9 Å². The zero-order valence-corrected chi connectivity index (χ0v) is 15.5. The van der Waals surface area contributed by atoms with E-state index in [0.29, 0.717) is 5.02 Å². The van der Waals surface area contributed by atoms with Crippen molar-refractivity contribution in [2.45, 2.75) is 0 Å². The van der Waals surface area contributed by atoms with Gasteiger partial charge in [0.25, 0.3) is 0 Å². The first-order valence-corrected chi connectivity index (χ1v) is 9.00. The van der Waals surface area contributed by atoms with E-state index < -0.39 is 0 Å². The fourth-order valence-electron chi connectivity index (χ4n) is 2.73. The normalized spacial score (nSPS) is 11.8. The summed E-state index contributed by atoms with van der Waals surface area (Å²) in [5.41, 5.74) is 2.77. The summed E-state index contributed by atoms with van der Waals surface area (Å²) in [7, 11) is 0. The van der Waals surface area contributed by atoms with E-state index in [9.17, 15) is 0 Å². The van der Waals surface area contributed by atoms with Crippen LogP contribution in [-0.4, -0.2) is 0 Å². The summed E-state index contributed by atoms with van der Waals surface area (Å²) >= 11 is 9.65. The third-order valence-corrected chi connectivity index (χ3v) is 4.62. The van der Waals surface area contributed by atoms with Gasteiger partial charge in [-0.3, -0.25) is 0 Å². The van der Waals surface area contributed by atoms with Gasteiger partial charge < -0.3 is 4.42 Å². The van der Waals surface area contributed by atoms with Crippen molar-refractivity contribution in [3.63, 3.8) is 0 Å². The van der Waals surface area contributed by atoms with Gasteiger partial charge >= 0.3 is 0 Å². The molecule has 4 heteroatoms. The molecule has 0 bridgehead atoms. The molecule has 0 aliphatic heterocycles. The molecule has 122 valence electrons. The van der Waals surface area contributed by atoms with Gasteiger partial charge in [0.2, 0.25) is 11.0 Å². The smallest absolute Gasteiger partial charge is 0.218 e. The lowest BCUT2D eigenvalue weighted by molar-refractivity contribution is -0.400. The fraction of sp³-hybridized carbons (Fsp3) is 0. The Hall–Kier alpha value is -2.36. The topological polar surface area (TPSA) is 27.1 Å². The zero-order valence-electron chi connectivity index (χ0n) is 13.2. The van der Waals surface area contributed by atoms with Crippen molar-refractivity contribution >= 4 is 44.2 Å². The third-order valence-electron chi connectivity index (χ3n) is 3.89. The number of hydrogen-bond acceptors (Lipinski definition) is 1. The van der Waals surface area contributed by atoms with Crippen LogP contribution in [0.15, 0.2) is 87.8 Å². The second-order valence-corrected chi connectivity index (χ2v) is 7.02. The van der Waals surface area contributed by atoms with Gasteiger partial charge in [-0.1, -0.05) is 63.9 Å². The Morgan fingerprint density at radius 3 is 2.48 bits per heavy atom. The van der Waals surface area contributed by atoms with E-state index in [1.807, 2.05) is 78.9 Å². The molecular formula is C21H14BrClNO+. The highest BCUT2D eigenvalue weighted by molar-refractivity contribution is 9.10. The Labute approximate surface area is 158 Å². The van der Waals surface area contributed by atoms with Crippen molar-refractivity contribution in [1.82, 2.24) is 0 Å². The van der Waals surface area contributed by atoms with Crippen LogP contribution >= 0.6 is 27.5 Å². The van der Waals surface area contributed by atoms with Gasteiger partial charge in [0, 0.05) is 27.2 Å². The molecule has 4 rings (SSSR count). The van der Waals surface area contributed by atoms with Crippen LogP contribution in [-0.2, 0) is 0 Å². The minimum absolute atomic E-state index is 0.694. The molecular weight excluding hydrogens is 398 g/mol. The van der Waals surface area contributed by atoms with E-state index >= 15 is 0 Å². The van der Waals surface area contributed by atoms with Crippen LogP contribution in [0.1, 0.15) is 0 Å². The molecule has 0 radical (unpaired) electrons. The van der Waals surface area contributed by atoms with Crippen LogP contribution in [0.5, 0.6) is 0 Å². The van der Waals surface area contributed by atoms with Crippen LogP contribution in [0, 0.1) is 0 Å². The highest BCUT2D eigenvalue weighted by Gasteiger charge is 2.10. The van der Waals surface area contributed by atoms with Gasteiger partial charge in [0.05, 0.1) is 11.5 Å². The van der Waals surface area contributed by atoms with Gasteiger partial charge in [-0.15, -0.1) is 0 Å². The Kier molecular flexibility index (Phi) is 4.43. The molecule has 0 spiro atoms. The van der Waals surface area contributed by atoms with E-state index in [0.717, 1.165) is 37.8 Å². The maximum atomic E-state index is 6.12. The molecule has 0 unspecified atom stereocenters. The molecule has 0 saturated carbocycles. The highest BCUT2D eigenvalue weighted by Crippen LogP contribution is 2.23. The summed E-state index contributed by atoms with van der Waals surface area (Å²) in [5, 5.41) is 2.65. The van der Waals surface area contributed by atoms with E-state index in [1.54, 1.807) is 0 Å². The van der Waals surface area contributed by atoms with Gasteiger partial charge in [-0.2, -0.15) is 0 Å². The number of rotatable bonds is 2. The minimum Gasteiger partial charge on any atom is -0.456 e. The van der Waals surface area contributed by atoms with Crippen molar-refractivity contribution in [1.29, 1.82) is 0 Å². The summed E-state index contributed by atoms with van der Waals surface area (Å²) in [6.45, 7) is 0. The first-order chi connectivity index (χ1) is 12.2. The number of fused-ring (bicyclic) bond motifs is 1. The van der Waals surface area contributed by atoms with Gasteiger partial charge in [-0.05, 0) is 24.3 Å². The number of hydrogen-bond donors (Lipinski definition) is 1. The average Bonchev–Trinajstić information content (AvgIpc) is 2.63. The standard InChI is InChI=1S/C21H13BrClNO/c22-15-9-10-20-18(11-15)19(24-17-8-4-7-16(23)12-17)13-21(25-20)14-5-2-1-3-6-14/h1-13H/p+1. The Morgan fingerprint density at radius 1 is 0.840 bits per heavy atom. The average molecular weight is 412 g/mol. The first-order valence-electron chi connectivity index (χ1n) is 7.83. The highest BCUT2D eigenvalue weighted by atomic mass is 79.9. The molecule has 0 saturated heterocycles. The molecule has 1 heterocycles. The quantitative estimate of drug-likeness (QED) is 0.502.